The lowest BCUT2D eigenvalue weighted by molar-refractivity contribution is -0.120. The number of carbonyl (C=O) groups excluding carboxylic acids is 1. The lowest BCUT2D eigenvalue weighted by Crippen LogP contribution is -2.42. The van der Waals surface area contributed by atoms with Crippen LogP contribution in [-0.4, -0.2) is 68.4 Å². The van der Waals surface area contributed by atoms with Gasteiger partial charge in [0.25, 0.3) is 0 Å². The molecule has 0 spiro atoms. The van der Waals surface area contributed by atoms with Gasteiger partial charge in [0.05, 0.1) is 25.1 Å². The highest BCUT2D eigenvalue weighted by Gasteiger charge is 2.24. The SMILES string of the molecule is CC(O)CCCNC(=O)CCS(=O)(=O)N1CCOCC1. The molecule has 1 fully saturated rings. The number of rotatable bonds is 8. The largest absolute Gasteiger partial charge is 0.393 e. The maximum atomic E-state index is 12.0. The fraction of sp³-hybridized carbons (Fsp3) is 0.917. The van der Waals surface area contributed by atoms with Crippen LogP contribution in [0, 0.1) is 0 Å². The maximum Gasteiger partial charge on any atom is 0.221 e. The first-order chi connectivity index (χ1) is 9.42. The molecule has 1 aliphatic rings. The molecule has 1 unspecified atom stereocenters. The zero-order valence-electron chi connectivity index (χ0n) is 11.9. The minimum Gasteiger partial charge on any atom is -0.393 e. The van der Waals surface area contributed by atoms with Gasteiger partial charge in [-0.3, -0.25) is 4.79 Å². The van der Waals surface area contributed by atoms with Crippen LogP contribution in [0.3, 0.4) is 0 Å². The first-order valence-electron chi connectivity index (χ1n) is 6.92. The Hall–Kier alpha value is -0.700. The van der Waals surface area contributed by atoms with Gasteiger partial charge in [-0.15, -0.1) is 0 Å². The molecule has 20 heavy (non-hydrogen) atoms. The molecule has 8 heteroatoms. The van der Waals surface area contributed by atoms with Crippen LogP contribution in [0.1, 0.15) is 26.2 Å². The number of nitrogens with zero attached hydrogens (tertiary/aromatic N) is 1. The Morgan fingerprint density at radius 2 is 2.05 bits per heavy atom. The van der Waals surface area contributed by atoms with Gasteiger partial charge in [0.15, 0.2) is 0 Å². The van der Waals surface area contributed by atoms with Crippen molar-refractivity contribution in [2.24, 2.45) is 0 Å². The van der Waals surface area contributed by atoms with Gasteiger partial charge in [0.1, 0.15) is 0 Å². The fourth-order valence-corrected chi connectivity index (χ4v) is 3.30. The van der Waals surface area contributed by atoms with E-state index in [2.05, 4.69) is 5.32 Å². The summed E-state index contributed by atoms with van der Waals surface area (Å²) in [6, 6.07) is 0. The first-order valence-corrected chi connectivity index (χ1v) is 8.53. The molecule has 1 saturated heterocycles. The summed E-state index contributed by atoms with van der Waals surface area (Å²) in [7, 11) is -3.37. The molecule has 0 bridgehead atoms. The van der Waals surface area contributed by atoms with Gasteiger partial charge in [0, 0.05) is 26.1 Å². The lowest BCUT2D eigenvalue weighted by atomic mass is 10.2. The zero-order chi connectivity index (χ0) is 15.0. The first kappa shape index (κ1) is 17.4. The quantitative estimate of drug-likeness (QED) is 0.579. The standard InChI is InChI=1S/C12H24N2O5S/c1-11(15)3-2-5-13-12(16)4-10-20(17,18)14-6-8-19-9-7-14/h11,15H,2-10H2,1H3,(H,13,16). The highest BCUT2D eigenvalue weighted by atomic mass is 32.2. The second-order valence-corrected chi connectivity index (χ2v) is 7.01. The van der Waals surface area contributed by atoms with Crippen molar-refractivity contribution in [2.45, 2.75) is 32.3 Å². The number of sulfonamides is 1. The summed E-state index contributed by atoms with van der Waals surface area (Å²) in [6.45, 7) is 3.68. The van der Waals surface area contributed by atoms with Crippen molar-refractivity contribution in [2.75, 3.05) is 38.6 Å². The fourth-order valence-electron chi connectivity index (χ4n) is 1.89. The van der Waals surface area contributed by atoms with Gasteiger partial charge in [-0.1, -0.05) is 0 Å². The Labute approximate surface area is 120 Å². The summed E-state index contributed by atoms with van der Waals surface area (Å²) in [5.74, 6) is -0.442. The van der Waals surface area contributed by atoms with Gasteiger partial charge in [0.2, 0.25) is 15.9 Å². The number of nitrogens with one attached hydrogen (secondary N) is 1. The van der Waals surface area contributed by atoms with Crippen LogP contribution >= 0.6 is 0 Å². The van der Waals surface area contributed by atoms with Gasteiger partial charge < -0.3 is 15.2 Å². The van der Waals surface area contributed by atoms with Crippen molar-refractivity contribution in [1.29, 1.82) is 0 Å². The summed E-state index contributed by atoms with van der Waals surface area (Å²) in [5, 5.41) is 11.7. The molecule has 7 nitrogen and oxygen atoms in total. The van der Waals surface area contributed by atoms with Crippen molar-refractivity contribution >= 4 is 15.9 Å². The van der Waals surface area contributed by atoms with E-state index in [1.54, 1.807) is 6.92 Å². The zero-order valence-corrected chi connectivity index (χ0v) is 12.7. The smallest absolute Gasteiger partial charge is 0.221 e. The summed E-state index contributed by atoms with van der Waals surface area (Å²) in [4.78, 5) is 11.5. The monoisotopic (exact) mass is 308 g/mol. The Balaban J connectivity index is 2.22. The van der Waals surface area contributed by atoms with Crippen LogP contribution in [0.25, 0.3) is 0 Å². The lowest BCUT2D eigenvalue weighted by Gasteiger charge is -2.25. The molecule has 118 valence electrons. The second kappa shape index (κ2) is 8.56. The molecule has 1 atom stereocenters. The second-order valence-electron chi connectivity index (χ2n) is 4.92. The highest BCUT2D eigenvalue weighted by molar-refractivity contribution is 7.89. The predicted molar refractivity (Wildman–Crippen MR) is 74.7 cm³/mol. The van der Waals surface area contributed by atoms with Crippen molar-refractivity contribution in [3.8, 4) is 0 Å². The number of amides is 1. The molecule has 1 rings (SSSR count). The number of morpholine rings is 1. The molecular formula is C12H24N2O5S. The number of aliphatic hydroxyl groups is 1. The molecule has 2 N–H and O–H groups in total. The van der Waals surface area contributed by atoms with E-state index in [0.29, 0.717) is 45.7 Å². The molecule has 0 aromatic rings. The number of carbonyl (C=O) groups is 1. The van der Waals surface area contributed by atoms with Crippen molar-refractivity contribution in [3.05, 3.63) is 0 Å². The predicted octanol–water partition coefficient (Wildman–Crippen LogP) is -0.684. The van der Waals surface area contributed by atoms with Crippen LogP contribution in [0.4, 0.5) is 0 Å². The third-order valence-corrected chi connectivity index (χ3v) is 4.94. The van der Waals surface area contributed by atoms with Crippen LogP contribution in [0.15, 0.2) is 0 Å². The van der Waals surface area contributed by atoms with Crippen LogP contribution in [-0.2, 0) is 19.6 Å². The average Bonchev–Trinajstić information content (AvgIpc) is 2.42. The summed E-state index contributed by atoms with van der Waals surface area (Å²) in [6.07, 6.45) is 0.883. The minimum atomic E-state index is -3.37. The van der Waals surface area contributed by atoms with Crippen LogP contribution in [0.2, 0.25) is 0 Å². The van der Waals surface area contributed by atoms with Gasteiger partial charge in [-0.25, -0.2) is 8.42 Å². The van der Waals surface area contributed by atoms with Crippen molar-refractivity contribution in [1.82, 2.24) is 9.62 Å². The molecule has 0 aromatic heterocycles. The summed E-state index contributed by atoms with van der Waals surface area (Å²) in [5.41, 5.74) is 0. The molecule has 1 heterocycles. The van der Waals surface area contributed by atoms with E-state index in [4.69, 9.17) is 9.84 Å². The molecular weight excluding hydrogens is 284 g/mol. The third kappa shape index (κ3) is 6.65. The number of hydrogen-bond acceptors (Lipinski definition) is 5. The Morgan fingerprint density at radius 3 is 2.65 bits per heavy atom. The molecule has 0 aromatic carbocycles. The minimum absolute atomic E-state index is 0.0334. The van der Waals surface area contributed by atoms with E-state index < -0.39 is 10.0 Å². The summed E-state index contributed by atoms with van der Waals surface area (Å²) < 4.78 is 30.4. The molecule has 0 saturated carbocycles. The molecule has 1 amide bonds. The maximum absolute atomic E-state index is 12.0. The van der Waals surface area contributed by atoms with E-state index in [1.807, 2.05) is 0 Å². The van der Waals surface area contributed by atoms with Gasteiger partial charge in [-0.2, -0.15) is 4.31 Å². The topological polar surface area (TPSA) is 95.9 Å². The van der Waals surface area contributed by atoms with Crippen LogP contribution in [0.5, 0.6) is 0 Å². The van der Waals surface area contributed by atoms with Gasteiger partial charge in [-0.05, 0) is 19.8 Å². The molecule has 1 aliphatic heterocycles. The van der Waals surface area contributed by atoms with E-state index >= 15 is 0 Å². The van der Waals surface area contributed by atoms with Gasteiger partial charge >= 0.3 is 0 Å². The van der Waals surface area contributed by atoms with Crippen molar-refractivity contribution in [3.63, 3.8) is 0 Å². The van der Waals surface area contributed by atoms with E-state index in [0.717, 1.165) is 0 Å². The molecule has 0 aliphatic carbocycles. The average molecular weight is 308 g/mol. The van der Waals surface area contributed by atoms with E-state index in [1.165, 1.54) is 4.31 Å². The number of ether oxygens (including phenoxy) is 1. The Morgan fingerprint density at radius 1 is 1.40 bits per heavy atom. The highest BCUT2D eigenvalue weighted by Crippen LogP contribution is 2.06. The Bertz CT molecular complexity index is 391. The van der Waals surface area contributed by atoms with E-state index in [-0.39, 0.29) is 24.2 Å². The van der Waals surface area contributed by atoms with Crippen LogP contribution < -0.4 is 5.32 Å². The Kier molecular flexibility index (Phi) is 7.42. The summed E-state index contributed by atoms with van der Waals surface area (Å²) >= 11 is 0. The van der Waals surface area contributed by atoms with Crippen molar-refractivity contribution < 1.29 is 23.1 Å². The number of aliphatic hydroxyl groups excluding tert-OH is 1. The molecule has 0 radical (unpaired) electrons. The normalized spacial score (nSPS) is 18.7. The third-order valence-electron chi connectivity index (χ3n) is 3.07. The van der Waals surface area contributed by atoms with E-state index in [9.17, 15) is 13.2 Å². The number of hydrogen-bond donors (Lipinski definition) is 2.